The number of hydrogen-bond donors (Lipinski definition) is 0. The summed E-state index contributed by atoms with van der Waals surface area (Å²) in [5, 5.41) is 0. The zero-order valence-electron chi connectivity index (χ0n) is 14.9. The van der Waals surface area contributed by atoms with Crippen molar-refractivity contribution >= 4 is 11.8 Å². The fraction of sp³-hybridized carbons (Fsp3) is 0.700. The molecule has 1 unspecified atom stereocenters. The van der Waals surface area contributed by atoms with E-state index in [9.17, 15) is 9.59 Å². The molecule has 1 atom stereocenters. The van der Waals surface area contributed by atoms with Crippen LogP contribution in [0.5, 0.6) is 0 Å². The standard InChI is InChI=1S/C20H28N2O3/c23-19(15-9-10-15)21-11-3-5-16(13-21)20(24)22(17-6-1-2-7-17)14-18-8-4-12-25-18/h4,8,12,15-17H,1-3,5-7,9-11,13-14H2. The largest absolute Gasteiger partial charge is 0.467 e. The van der Waals surface area contributed by atoms with Crippen molar-refractivity contribution in [2.45, 2.75) is 64.0 Å². The van der Waals surface area contributed by atoms with E-state index in [0.29, 0.717) is 19.1 Å². The van der Waals surface area contributed by atoms with E-state index in [2.05, 4.69) is 0 Å². The Labute approximate surface area is 149 Å². The van der Waals surface area contributed by atoms with E-state index in [-0.39, 0.29) is 23.7 Å². The van der Waals surface area contributed by atoms with E-state index in [1.165, 1.54) is 12.8 Å². The highest BCUT2D eigenvalue weighted by atomic mass is 16.3. The normalized spacial score (nSPS) is 24.5. The van der Waals surface area contributed by atoms with E-state index in [1.807, 2.05) is 21.9 Å². The summed E-state index contributed by atoms with van der Waals surface area (Å²) in [7, 11) is 0. The van der Waals surface area contributed by atoms with Crippen molar-refractivity contribution in [3.63, 3.8) is 0 Å². The minimum absolute atomic E-state index is 0.0491. The quantitative estimate of drug-likeness (QED) is 0.824. The van der Waals surface area contributed by atoms with Crippen molar-refractivity contribution in [1.82, 2.24) is 9.80 Å². The molecule has 0 aromatic carbocycles. The van der Waals surface area contributed by atoms with Crippen LogP contribution < -0.4 is 0 Å². The highest BCUT2D eigenvalue weighted by molar-refractivity contribution is 5.83. The molecule has 1 saturated heterocycles. The molecule has 2 amide bonds. The Morgan fingerprint density at radius 3 is 2.56 bits per heavy atom. The lowest BCUT2D eigenvalue weighted by molar-refractivity contribution is -0.143. The number of piperidine rings is 1. The second kappa shape index (κ2) is 7.22. The van der Waals surface area contributed by atoms with Crippen LogP contribution >= 0.6 is 0 Å². The Hall–Kier alpha value is -1.78. The maximum atomic E-state index is 13.3. The molecule has 5 heteroatoms. The summed E-state index contributed by atoms with van der Waals surface area (Å²) in [4.78, 5) is 29.7. The lowest BCUT2D eigenvalue weighted by Gasteiger charge is -2.37. The van der Waals surface area contributed by atoms with Crippen LogP contribution in [0.3, 0.4) is 0 Å². The molecule has 3 aliphatic rings. The Morgan fingerprint density at radius 2 is 1.88 bits per heavy atom. The Kier molecular flexibility index (Phi) is 4.82. The van der Waals surface area contributed by atoms with Gasteiger partial charge in [-0.1, -0.05) is 12.8 Å². The average Bonchev–Trinajstić information content (AvgIpc) is 3.11. The van der Waals surface area contributed by atoms with Crippen molar-refractivity contribution in [3.05, 3.63) is 24.2 Å². The van der Waals surface area contributed by atoms with Crippen LogP contribution in [-0.4, -0.2) is 40.7 Å². The summed E-state index contributed by atoms with van der Waals surface area (Å²) in [6.07, 6.45) is 10.1. The zero-order valence-corrected chi connectivity index (χ0v) is 14.9. The van der Waals surface area contributed by atoms with Gasteiger partial charge in [-0.05, 0) is 50.7 Å². The zero-order chi connectivity index (χ0) is 17.2. The predicted molar refractivity (Wildman–Crippen MR) is 93.5 cm³/mol. The van der Waals surface area contributed by atoms with Gasteiger partial charge in [0.1, 0.15) is 5.76 Å². The van der Waals surface area contributed by atoms with Gasteiger partial charge in [-0.15, -0.1) is 0 Å². The van der Waals surface area contributed by atoms with E-state index in [0.717, 1.165) is 50.8 Å². The van der Waals surface area contributed by atoms with E-state index in [4.69, 9.17) is 4.42 Å². The first-order valence-electron chi connectivity index (χ1n) is 9.84. The maximum absolute atomic E-state index is 13.3. The summed E-state index contributed by atoms with van der Waals surface area (Å²) < 4.78 is 5.50. The van der Waals surface area contributed by atoms with Crippen LogP contribution in [0, 0.1) is 11.8 Å². The molecule has 1 aliphatic heterocycles. The van der Waals surface area contributed by atoms with Gasteiger partial charge in [-0.2, -0.15) is 0 Å². The van der Waals surface area contributed by atoms with Crippen molar-refractivity contribution in [3.8, 4) is 0 Å². The monoisotopic (exact) mass is 344 g/mol. The molecular weight excluding hydrogens is 316 g/mol. The third-order valence-corrected chi connectivity index (χ3v) is 5.96. The lowest BCUT2D eigenvalue weighted by atomic mass is 9.95. The first kappa shape index (κ1) is 16.7. The SMILES string of the molecule is O=C(C1CC1)N1CCCC(C(=O)N(Cc2ccco2)C2CCCC2)C1. The molecule has 4 rings (SSSR count). The number of rotatable bonds is 5. The van der Waals surface area contributed by atoms with Gasteiger partial charge in [-0.25, -0.2) is 0 Å². The van der Waals surface area contributed by atoms with Gasteiger partial charge in [0, 0.05) is 25.0 Å². The Morgan fingerprint density at radius 1 is 1.08 bits per heavy atom. The first-order valence-corrected chi connectivity index (χ1v) is 9.84. The van der Waals surface area contributed by atoms with Crippen molar-refractivity contribution in [2.24, 2.45) is 11.8 Å². The fourth-order valence-corrected chi connectivity index (χ4v) is 4.38. The number of carbonyl (C=O) groups is 2. The van der Waals surface area contributed by atoms with Crippen molar-refractivity contribution in [1.29, 1.82) is 0 Å². The second-order valence-corrected chi connectivity index (χ2v) is 7.88. The third-order valence-electron chi connectivity index (χ3n) is 5.96. The van der Waals surface area contributed by atoms with Crippen LogP contribution in [0.25, 0.3) is 0 Å². The molecule has 5 nitrogen and oxygen atoms in total. The summed E-state index contributed by atoms with van der Waals surface area (Å²) in [5.41, 5.74) is 0. The van der Waals surface area contributed by atoms with Gasteiger partial charge in [0.05, 0.1) is 18.7 Å². The summed E-state index contributed by atoms with van der Waals surface area (Å²) in [6, 6.07) is 4.15. The number of likely N-dealkylation sites (tertiary alicyclic amines) is 1. The van der Waals surface area contributed by atoms with E-state index >= 15 is 0 Å². The van der Waals surface area contributed by atoms with Gasteiger partial charge in [0.2, 0.25) is 11.8 Å². The number of amides is 2. The molecule has 0 N–H and O–H groups in total. The minimum atomic E-state index is -0.0491. The van der Waals surface area contributed by atoms with E-state index in [1.54, 1.807) is 6.26 Å². The van der Waals surface area contributed by atoms with Crippen LogP contribution in [0.1, 0.15) is 57.1 Å². The van der Waals surface area contributed by atoms with Gasteiger partial charge >= 0.3 is 0 Å². The number of hydrogen-bond acceptors (Lipinski definition) is 3. The molecule has 136 valence electrons. The smallest absolute Gasteiger partial charge is 0.228 e. The molecule has 2 aliphatic carbocycles. The molecule has 2 saturated carbocycles. The molecule has 2 heterocycles. The average molecular weight is 344 g/mol. The maximum Gasteiger partial charge on any atom is 0.228 e. The Bertz CT molecular complexity index is 602. The molecule has 0 spiro atoms. The number of nitrogens with zero attached hydrogens (tertiary/aromatic N) is 2. The number of furan rings is 1. The van der Waals surface area contributed by atoms with Gasteiger partial charge in [0.25, 0.3) is 0 Å². The molecular formula is C20H28N2O3. The molecule has 0 bridgehead atoms. The molecule has 0 radical (unpaired) electrons. The minimum Gasteiger partial charge on any atom is -0.467 e. The predicted octanol–water partition coefficient (Wildman–Crippen LogP) is 3.20. The number of carbonyl (C=O) groups excluding carboxylic acids is 2. The highest BCUT2D eigenvalue weighted by Crippen LogP contribution is 2.33. The topological polar surface area (TPSA) is 53.8 Å². The summed E-state index contributed by atoms with van der Waals surface area (Å²) >= 11 is 0. The van der Waals surface area contributed by atoms with Gasteiger partial charge < -0.3 is 14.2 Å². The fourth-order valence-electron chi connectivity index (χ4n) is 4.38. The van der Waals surface area contributed by atoms with E-state index < -0.39 is 0 Å². The summed E-state index contributed by atoms with van der Waals surface area (Å²) in [6.45, 7) is 1.99. The molecule has 3 fully saturated rings. The van der Waals surface area contributed by atoms with Gasteiger partial charge in [0.15, 0.2) is 0 Å². The second-order valence-electron chi connectivity index (χ2n) is 7.88. The summed E-state index contributed by atoms with van der Waals surface area (Å²) in [5.74, 6) is 1.53. The Balaban J connectivity index is 1.45. The van der Waals surface area contributed by atoms with Crippen molar-refractivity contribution < 1.29 is 14.0 Å². The van der Waals surface area contributed by atoms with Gasteiger partial charge in [-0.3, -0.25) is 9.59 Å². The van der Waals surface area contributed by atoms with Crippen LogP contribution in [0.4, 0.5) is 0 Å². The molecule has 1 aromatic heterocycles. The van der Waals surface area contributed by atoms with Crippen LogP contribution in [0.2, 0.25) is 0 Å². The van der Waals surface area contributed by atoms with Crippen molar-refractivity contribution in [2.75, 3.05) is 13.1 Å². The third kappa shape index (κ3) is 3.75. The molecule has 25 heavy (non-hydrogen) atoms. The lowest BCUT2D eigenvalue weighted by Crippen LogP contribution is -2.49. The highest BCUT2D eigenvalue weighted by Gasteiger charge is 2.39. The van der Waals surface area contributed by atoms with Crippen LogP contribution in [0.15, 0.2) is 22.8 Å². The first-order chi connectivity index (χ1) is 12.2. The molecule has 1 aromatic rings. The van der Waals surface area contributed by atoms with Crippen LogP contribution in [-0.2, 0) is 16.1 Å².